The average Bonchev–Trinajstić information content (AvgIpc) is 3.59. The largest absolute Gasteiger partial charge is 0.466 e. The van der Waals surface area contributed by atoms with E-state index in [0.29, 0.717) is 19.4 Å². The van der Waals surface area contributed by atoms with E-state index in [2.05, 4.69) is 31.3 Å². The number of aliphatic hydroxyl groups excluding tert-OH is 2. The van der Waals surface area contributed by atoms with Crippen molar-refractivity contribution in [2.45, 2.75) is 475 Å². The third kappa shape index (κ3) is 73.4. The van der Waals surface area contributed by atoms with Gasteiger partial charge in [0.15, 0.2) is 0 Å². The summed E-state index contributed by atoms with van der Waals surface area (Å²) in [5.74, 6) is -0.0425. The van der Waals surface area contributed by atoms with Crippen LogP contribution in [0.25, 0.3) is 0 Å². The number of esters is 1. The summed E-state index contributed by atoms with van der Waals surface area (Å²) in [5.41, 5.74) is 0. The Balaban J connectivity index is 3.32. The number of ether oxygens (including phenoxy) is 1. The van der Waals surface area contributed by atoms with E-state index in [9.17, 15) is 19.8 Å². The van der Waals surface area contributed by atoms with Crippen molar-refractivity contribution < 1.29 is 24.5 Å². The fourth-order valence-corrected chi connectivity index (χ4v) is 13.0. The lowest BCUT2D eigenvalue weighted by Crippen LogP contribution is -2.45. The van der Waals surface area contributed by atoms with Gasteiger partial charge in [0, 0.05) is 12.8 Å². The number of nitrogens with one attached hydrogen (secondary N) is 1. The van der Waals surface area contributed by atoms with Gasteiger partial charge in [-0.05, 0) is 57.8 Å². The Kier molecular flexibility index (Phi) is 76.3. The highest BCUT2D eigenvalue weighted by molar-refractivity contribution is 5.76. The summed E-state index contributed by atoms with van der Waals surface area (Å²) in [6.07, 6.45) is 100. The number of allylic oxidation sites excluding steroid dienone is 3. The molecule has 2 atom stereocenters. The monoisotopic (exact) mass is 1240 g/mol. The van der Waals surface area contributed by atoms with Crippen molar-refractivity contribution in [3.05, 3.63) is 24.3 Å². The zero-order chi connectivity index (χ0) is 63.5. The third-order valence-electron chi connectivity index (χ3n) is 19.2. The minimum absolute atomic E-state index is 0.0147. The summed E-state index contributed by atoms with van der Waals surface area (Å²) in [7, 11) is 0. The average molecular weight is 1240 g/mol. The molecule has 88 heavy (non-hydrogen) atoms. The molecule has 6 heteroatoms. The number of hydrogen-bond donors (Lipinski definition) is 3. The lowest BCUT2D eigenvalue weighted by atomic mass is 10.0. The fraction of sp³-hybridized carbons (Fsp3) is 0.927. The van der Waals surface area contributed by atoms with Gasteiger partial charge < -0.3 is 20.3 Å². The van der Waals surface area contributed by atoms with Gasteiger partial charge in [0.1, 0.15) is 0 Å². The predicted octanol–water partition coefficient (Wildman–Crippen LogP) is 26.8. The molecule has 0 rings (SSSR count). The predicted molar refractivity (Wildman–Crippen MR) is 389 cm³/mol. The molecule has 0 aliphatic rings. The van der Waals surface area contributed by atoms with Gasteiger partial charge in [-0.15, -0.1) is 0 Å². The van der Waals surface area contributed by atoms with Crippen LogP contribution in [0.4, 0.5) is 0 Å². The maximum atomic E-state index is 12.5. The van der Waals surface area contributed by atoms with Crippen molar-refractivity contribution >= 4 is 11.9 Å². The number of carbonyl (C=O) groups excluding carboxylic acids is 2. The number of aliphatic hydroxyl groups is 2. The van der Waals surface area contributed by atoms with Crippen molar-refractivity contribution in [3.63, 3.8) is 0 Å². The molecule has 0 aromatic rings. The van der Waals surface area contributed by atoms with Crippen molar-refractivity contribution in [1.82, 2.24) is 5.32 Å². The molecular weight excluding hydrogens is 1080 g/mol. The van der Waals surface area contributed by atoms with Crippen LogP contribution in [0.15, 0.2) is 24.3 Å². The van der Waals surface area contributed by atoms with E-state index in [4.69, 9.17) is 4.74 Å². The van der Waals surface area contributed by atoms with E-state index in [-0.39, 0.29) is 18.5 Å². The van der Waals surface area contributed by atoms with Gasteiger partial charge in [0.2, 0.25) is 5.91 Å². The molecule has 0 spiro atoms. The SMILES string of the molecule is CCCCCC/C=C\CCCCCCCC(=O)OCCCCCCCCCCCCCCCCCCCCCCCCCCCCCCCCCCCCCCCC(=O)NC(CO)C(O)/C=C/CCCCCCCCCCCCCCCCCCCCC. The number of amides is 1. The molecule has 0 aromatic carbocycles. The molecule has 0 radical (unpaired) electrons. The number of unbranched alkanes of at least 4 members (excludes halogenated alkanes) is 64. The number of hydrogen-bond acceptors (Lipinski definition) is 5. The molecule has 0 saturated carbocycles. The van der Waals surface area contributed by atoms with Gasteiger partial charge in [0.05, 0.1) is 25.4 Å². The van der Waals surface area contributed by atoms with E-state index < -0.39 is 12.1 Å². The second kappa shape index (κ2) is 77.8. The van der Waals surface area contributed by atoms with Crippen LogP contribution >= 0.6 is 0 Å². The minimum atomic E-state index is -0.841. The summed E-state index contributed by atoms with van der Waals surface area (Å²) in [5, 5.41) is 23.3. The number of rotatable bonds is 77. The Morgan fingerprint density at radius 3 is 0.818 bits per heavy atom. The normalized spacial score (nSPS) is 12.5. The first-order chi connectivity index (χ1) is 43.5. The minimum Gasteiger partial charge on any atom is -0.466 e. The molecule has 0 heterocycles. The first-order valence-corrected chi connectivity index (χ1v) is 40.6. The lowest BCUT2D eigenvalue weighted by molar-refractivity contribution is -0.143. The second-order valence-electron chi connectivity index (χ2n) is 28.1. The topological polar surface area (TPSA) is 95.9 Å². The Morgan fingerprint density at radius 2 is 0.534 bits per heavy atom. The summed E-state index contributed by atoms with van der Waals surface area (Å²) in [4.78, 5) is 24.6. The van der Waals surface area contributed by atoms with Gasteiger partial charge in [-0.2, -0.15) is 0 Å². The van der Waals surface area contributed by atoms with Crippen LogP contribution in [0.2, 0.25) is 0 Å². The van der Waals surface area contributed by atoms with Crippen LogP contribution in [0.1, 0.15) is 463 Å². The Labute approximate surface area is 551 Å². The molecule has 2 unspecified atom stereocenters. The molecule has 0 fully saturated rings. The first kappa shape index (κ1) is 86.3. The van der Waals surface area contributed by atoms with Crippen LogP contribution in [0.3, 0.4) is 0 Å². The molecule has 0 aromatic heterocycles. The van der Waals surface area contributed by atoms with Crippen LogP contribution in [-0.2, 0) is 14.3 Å². The van der Waals surface area contributed by atoms with Gasteiger partial charge in [-0.25, -0.2) is 0 Å². The maximum absolute atomic E-state index is 12.5. The Bertz CT molecular complexity index is 1380. The maximum Gasteiger partial charge on any atom is 0.305 e. The van der Waals surface area contributed by atoms with Gasteiger partial charge in [-0.1, -0.05) is 417 Å². The van der Waals surface area contributed by atoms with Crippen molar-refractivity contribution in [2.75, 3.05) is 13.2 Å². The molecule has 1 amide bonds. The first-order valence-electron chi connectivity index (χ1n) is 40.6. The summed E-state index contributed by atoms with van der Waals surface area (Å²) in [6.45, 7) is 4.94. The molecule has 522 valence electrons. The molecule has 0 saturated heterocycles. The lowest BCUT2D eigenvalue weighted by Gasteiger charge is -2.20. The molecule has 0 aliphatic carbocycles. The van der Waals surface area contributed by atoms with Gasteiger partial charge >= 0.3 is 5.97 Å². The van der Waals surface area contributed by atoms with E-state index in [0.717, 1.165) is 44.9 Å². The molecule has 3 N–H and O–H groups in total. The molecule has 0 bridgehead atoms. The molecule has 0 aliphatic heterocycles. The summed E-state index contributed by atoms with van der Waals surface area (Å²) < 4.78 is 5.49. The summed E-state index contributed by atoms with van der Waals surface area (Å²) in [6, 6.07) is -0.624. The highest BCUT2D eigenvalue weighted by Crippen LogP contribution is 2.20. The molecule has 6 nitrogen and oxygen atoms in total. The molecular formula is C82H159NO5. The van der Waals surface area contributed by atoms with Gasteiger partial charge in [-0.3, -0.25) is 9.59 Å². The second-order valence-corrected chi connectivity index (χ2v) is 28.1. The summed E-state index contributed by atoms with van der Waals surface area (Å²) >= 11 is 0. The zero-order valence-corrected chi connectivity index (χ0v) is 60.0. The van der Waals surface area contributed by atoms with E-state index in [1.165, 1.54) is 392 Å². The highest BCUT2D eigenvalue weighted by atomic mass is 16.5. The van der Waals surface area contributed by atoms with E-state index >= 15 is 0 Å². The smallest absolute Gasteiger partial charge is 0.305 e. The third-order valence-corrected chi connectivity index (χ3v) is 19.2. The van der Waals surface area contributed by atoms with Crippen molar-refractivity contribution in [1.29, 1.82) is 0 Å². The Morgan fingerprint density at radius 1 is 0.307 bits per heavy atom. The van der Waals surface area contributed by atoms with Crippen LogP contribution in [-0.4, -0.2) is 47.4 Å². The van der Waals surface area contributed by atoms with Gasteiger partial charge in [0.25, 0.3) is 0 Å². The van der Waals surface area contributed by atoms with Crippen molar-refractivity contribution in [2.24, 2.45) is 0 Å². The van der Waals surface area contributed by atoms with Crippen LogP contribution in [0, 0.1) is 0 Å². The standard InChI is InChI=1S/C82H159NO5/c1-3-5-7-9-11-13-15-17-18-19-20-38-41-44-47-51-54-58-62-66-70-74-80(85)79(78-84)83-81(86)75-71-67-63-59-55-52-48-45-42-39-36-34-32-30-28-26-24-22-21-23-25-27-29-31-33-35-37-40-43-46-49-53-57-61-65-69-73-77-88-82(87)76-72-68-64-60-56-50-16-14-12-10-8-6-4-2/h14,16,70,74,79-80,84-85H,3-13,15,17-69,71-73,75-78H2,1-2H3,(H,83,86)/b16-14-,74-70+. The highest BCUT2D eigenvalue weighted by Gasteiger charge is 2.18. The zero-order valence-electron chi connectivity index (χ0n) is 60.0. The Hall–Kier alpha value is -1.66. The van der Waals surface area contributed by atoms with Crippen molar-refractivity contribution in [3.8, 4) is 0 Å². The van der Waals surface area contributed by atoms with Crippen LogP contribution in [0.5, 0.6) is 0 Å². The quantitative estimate of drug-likeness (QED) is 0.0320. The fourth-order valence-electron chi connectivity index (χ4n) is 13.0. The van der Waals surface area contributed by atoms with E-state index in [1.807, 2.05) is 6.08 Å². The number of carbonyl (C=O) groups is 2. The van der Waals surface area contributed by atoms with Crippen LogP contribution < -0.4 is 5.32 Å². The van der Waals surface area contributed by atoms with E-state index in [1.54, 1.807) is 6.08 Å².